The highest BCUT2D eigenvalue weighted by Crippen LogP contribution is 2.49. The Bertz CT molecular complexity index is 1420. The number of alkyl halides is 3. The van der Waals surface area contributed by atoms with Gasteiger partial charge >= 0.3 is 6.18 Å². The van der Waals surface area contributed by atoms with Crippen molar-refractivity contribution in [3.63, 3.8) is 0 Å². The lowest BCUT2D eigenvalue weighted by Crippen LogP contribution is -2.41. The molecule has 37 heavy (non-hydrogen) atoms. The summed E-state index contributed by atoms with van der Waals surface area (Å²) < 4.78 is 85.8. The van der Waals surface area contributed by atoms with Crippen LogP contribution in [0.2, 0.25) is 0 Å². The van der Waals surface area contributed by atoms with Crippen molar-refractivity contribution in [2.24, 2.45) is 5.92 Å². The van der Waals surface area contributed by atoms with Crippen molar-refractivity contribution in [1.29, 1.82) is 0 Å². The number of carbonyl (C=O) groups is 1. The van der Waals surface area contributed by atoms with Crippen molar-refractivity contribution in [3.8, 4) is 11.6 Å². The molecule has 0 spiro atoms. The van der Waals surface area contributed by atoms with Gasteiger partial charge < -0.3 is 4.74 Å². The van der Waals surface area contributed by atoms with Gasteiger partial charge in [0.25, 0.3) is 0 Å². The van der Waals surface area contributed by atoms with Gasteiger partial charge in [-0.15, -0.1) is 5.10 Å². The number of Topliss-reactive ketones (excluding diaryl/α,β-unsaturated/α-hetero) is 1. The number of benzene rings is 1. The molecule has 9 nitrogen and oxygen atoms in total. The predicted molar refractivity (Wildman–Crippen MR) is 120 cm³/mol. The van der Waals surface area contributed by atoms with E-state index in [0.29, 0.717) is 18.4 Å². The lowest BCUT2D eigenvalue weighted by molar-refractivity contribution is -0.145. The fraction of sp³-hybridized carbons (Fsp3) is 0.391. The van der Waals surface area contributed by atoms with Crippen LogP contribution in [0, 0.1) is 11.7 Å². The number of hydrogen-bond donors (Lipinski definition) is 0. The van der Waals surface area contributed by atoms with E-state index in [0.717, 1.165) is 24.5 Å². The summed E-state index contributed by atoms with van der Waals surface area (Å²) in [6.07, 6.45) is 0.113. The Balaban J connectivity index is 1.32. The average molecular weight is 540 g/mol. The molecule has 4 heterocycles. The maximum atomic E-state index is 13.3. The molecule has 2 bridgehead atoms. The quantitative estimate of drug-likeness (QED) is 0.405. The number of halogens is 4. The Morgan fingerprint density at radius 1 is 1.14 bits per heavy atom. The molecule has 0 amide bonds. The molecule has 0 unspecified atom stereocenters. The third-order valence-corrected chi connectivity index (χ3v) is 8.64. The summed E-state index contributed by atoms with van der Waals surface area (Å²) in [5, 5.41) is 4.18. The number of fused-ring (bicyclic) bond motifs is 1. The molecule has 0 N–H and O–H groups in total. The summed E-state index contributed by atoms with van der Waals surface area (Å²) in [4.78, 5) is 19.8. The largest absolute Gasteiger partial charge is 0.480 e. The van der Waals surface area contributed by atoms with E-state index >= 15 is 0 Å². The minimum atomic E-state index is -4.68. The lowest BCUT2D eigenvalue weighted by atomic mass is 9.81. The molecule has 3 fully saturated rings. The molecular weight excluding hydrogens is 518 g/mol. The molecule has 1 aliphatic carbocycles. The van der Waals surface area contributed by atoms with E-state index in [1.165, 1.54) is 34.4 Å². The maximum absolute atomic E-state index is 13.3. The molecule has 3 aliphatic rings. The Hall–Kier alpha value is -3.39. The van der Waals surface area contributed by atoms with Gasteiger partial charge in [0.2, 0.25) is 21.7 Å². The van der Waals surface area contributed by atoms with Crippen molar-refractivity contribution in [3.05, 3.63) is 60.1 Å². The van der Waals surface area contributed by atoms with Crippen molar-refractivity contribution in [2.45, 2.75) is 48.8 Å². The fourth-order valence-electron chi connectivity index (χ4n) is 4.87. The summed E-state index contributed by atoms with van der Waals surface area (Å²) >= 11 is 0. The molecule has 14 heteroatoms. The van der Waals surface area contributed by atoms with Crippen LogP contribution in [0.1, 0.15) is 30.7 Å². The molecule has 1 atom stereocenters. The molecule has 196 valence electrons. The molecular formula is C23H21F4N5O4S. The summed E-state index contributed by atoms with van der Waals surface area (Å²) in [6.45, 7) is 0. The van der Waals surface area contributed by atoms with E-state index in [1.54, 1.807) is 0 Å². The third kappa shape index (κ3) is 4.59. The minimum absolute atomic E-state index is 0.00507. The van der Waals surface area contributed by atoms with Crippen molar-refractivity contribution in [2.75, 3.05) is 7.11 Å². The highest BCUT2D eigenvalue weighted by atomic mass is 32.2. The number of hydrogen-bond acceptors (Lipinski definition) is 7. The molecule has 2 aromatic heterocycles. The number of aromatic nitrogens is 4. The topological polar surface area (TPSA) is 107 Å². The van der Waals surface area contributed by atoms with Crippen LogP contribution in [0.5, 0.6) is 5.88 Å². The molecule has 2 saturated heterocycles. The minimum Gasteiger partial charge on any atom is -0.480 e. The van der Waals surface area contributed by atoms with E-state index in [1.807, 2.05) is 0 Å². The van der Waals surface area contributed by atoms with Crippen LogP contribution in [0.4, 0.5) is 17.6 Å². The highest BCUT2D eigenvalue weighted by Gasteiger charge is 2.58. The predicted octanol–water partition coefficient (Wildman–Crippen LogP) is 3.18. The van der Waals surface area contributed by atoms with Gasteiger partial charge in [-0.2, -0.15) is 17.5 Å². The molecule has 6 rings (SSSR count). The normalized spacial score (nSPS) is 21.6. The zero-order valence-corrected chi connectivity index (χ0v) is 20.2. The first-order chi connectivity index (χ1) is 17.5. The Morgan fingerprint density at radius 2 is 1.78 bits per heavy atom. The van der Waals surface area contributed by atoms with Crippen LogP contribution in [0.15, 0.2) is 47.8 Å². The van der Waals surface area contributed by atoms with Crippen molar-refractivity contribution >= 4 is 15.8 Å². The summed E-state index contributed by atoms with van der Waals surface area (Å²) in [7, 11) is -2.62. The van der Waals surface area contributed by atoms with E-state index in [2.05, 4.69) is 15.1 Å². The molecule has 2 aliphatic heterocycles. The van der Waals surface area contributed by atoms with Crippen LogP contribution in [-0.4, -0.2) is 57.4 Å². The van der Waals surface area contributed by atoms with E-state index in [-0.39, 0.29) is 47.0 Å². The van der Waals surface area contributed by atoms with Crippen LogP contribution in [0.25, 0.3) is 5.69 Å². The number of sulfonamides is 1. The van der Waals surface area contributed by atoms with Gasteiger partial charge in [-0.25, -0.2) is 27.5 Å². The van der Waals surface area contributed by atoms with Crippen molar-refractivity contribution in [1.82, 2.24) is 24.1 Å². The molecule has 0 radical (unpaired) electrons. The second-order valence-corrected chi connectivity index (χ2v) is 10.8. The zero-order valence-electron chi connectivity index (χ0n) is 19.4. The SMILES string of the molecule is COc1nn(-c2cnc(C(F)(F)F)nc2)cc1CCC(=O)[C@@H]1C2CC(C2)N1S(=O)(=O)c1ccc(F)cc1. The second kappa shape index (κ2) is 9.17. The second-order valence-electron chi connectivity index (χ2n) is 8.96. The number of nitrogens with zero attached hydrogens (tertiary/aromatic N) is 5. The Labute approximate surface area is 209 Å². The van der Waals surface area contributed by atoms with Gasteiger partial charge in [0.15, 0.2) is 5.78 Å². The first kappa shape index (κ1) is 25.3. The van der Waals surface area contributed by atoms with E-state index in [9.17, 15) is 30.8 Å². The zero-order chi connectivity index (χ0) is 26.5. The van der Waals surface area contributed by atoms with Crippen LogP contribution in [0.3, 0.4) is 0 Å². The van der Waals surface area contributed by atoms with Crippen LogP contribution < -0.4 is 4.74 Å². The van der Waals surface area contributed by atoms with Gasteiger partial charge in [-0.1, -0.05) is 0 Å². The highest BCUT2D eigenvalue weighted by molar-refractivity contribution is 7.89. The van der Waals surface area contributed by atoms with Gasteiger partial charge in [-0.3, -0.25) is 4.79 Å². The first-order valence-electron chi connectivity index (χ1n) is 11.3. The van der Waals surface area contributed by atoms with Crippen LogP contribution in [-0.2, 0) is 27.4 Å². The average Bonchev–Trinajstić information content (AvgIpc) is 3.54. The third-order valence-electron chi connectivity index (χ3n) is 6.69. The van der Waals surface area contributed by atoms with Gasteiger partial charge in [-0.05, 0) is 49.4 Å². The molecule has 1 aromatic carbocycles. The van der Waals surface area contributed by atoms with Gasteiger partial charge in [0.05, 0.1) is 30.4 Å². The molecule has 1 saturated carbocycles. The number of aryl methyl sites for hydroxylation is 1. The summed E-state index contributed by atoms with van der Waals surface area (Å²) in [6, 6.07) is 3.42. The number of rotatable bonds is 8. The summed E-state index contributed by atoms with van der Waals surface area (Å²) in [5.41, 5.74) is 0.672. The fourth-order valence-corrected chi connectivity index (χ4v) is 6.75. The maximum Gasteiger partial charge on any atom is 0.451 e. The van der Waals surface area contributed by atoms with Crippen LogP contribution >= 0.6 is 0 Å². The monoisotopic (exact) mass is 539 g/mol. The number of ether oxygens (including phenoxy) is 1. The Kier molecular flexibility index (Phi) is 6.26. The number of carbonyl (C=O) groups excluding carboxylic acids is 1. The van der Waals surface area contributed by atoms with E-state index < -0.39 is 33.9 Å². The van der Waals surface area contributed by atoms with Crippen molar-refractivity contribution < 1.29 is 35.5 Å². The number of ketones is 1. The number of methoxy groups -OCH3 is 1. The molecule has 3 aromatic rings. The Morgan fingerprint density at radius 3 is 2.38 bits per heavy atom. The van der Waals surface area contributed by atoms with E-state index in [4.69, 9.17) is 4.74 Å². The smallest absolute Gasteiger partial charge is 0.451 e. The van der Waals surface area contributed by atoms with Gasteiger partial charge in [0, 0.05) is 24.2 Å². The lowest BCUT2D eigenvalue weighted by Gasteiger charge is -2.25. The van der Waals surface area contributed by atoms with Gasteiger partial charge in [0.1, 0.15) is 11.5 Å². The standard InChI is InChI=1S/C23H21F4N5O4S/c1-36-21-13(12-31(30-21)17-10-28-22(29-11-17)23(25,26)27)2-7-19(33)20-14-8-16(9-14)32(20)37(34,35)18-5-3-15(24)4-6-18/h3-6,10-12,14,16,20H,2,7-9H2,1H3/t14?,16?,20-/m0/s1. The summed E-state index contributed by atoms with van der Waals surface area (Å²) in [5.74, 6) is -2.02. The first-order valence-corrected chi connectivity index (χ1v) is 12.8.